The molecule has 1 heterocycles. The zero-order chi connectivity index (χ0) is 10.8. The minimum atomic E-state index is -0.0873. The van der Waals surface area contributed by atoms with Crippen LogP contribution >= 0.6 is 0 Å². The highest BCUT2D eigenvalue weighted by Gasteiger charge is 2.13. The smallest absolute Gasteiger partial charge is 0.260 e. The van der Waals surface area contributed by atoms with Crippen molar-refractivity contribution in [3.05, 3.63) is 29.3 Å². The van der Waals surface area contributed by atoms with Gasteiger partial charge in [-0.25, -0.2) is 5.43 Å². The summed E-state index contributed by atoms with van der Waals surface area (Å²) >= 11 is 0. The summed E-state index contributed by atoms with van der Waals surface area (Å²) in [6.45, 7) is 4.45. The van der Waals surface area contributed by atoms with E-state index in [0.717, 1.165) is 5.69 Å². The summed E-state index contributed by atoms with van der Waals surface area (Å²) in [6.07, 6.45) is 1.63. The Labute approximate surface area is 88.6 Å². The highest BCUT2D eigenvalue weighted by molar-refractivity contribution is 5.93. The number of amides is 1. The lowest BCUT2D eigenvalue weighted by atomic mass is 10.1. The van der Waals surface area contributed by atoms with Crippen molar-refractivity contribution in [2.45, 2.75) is 13.8 Å². The second-order valence-electron chi connectivity index (χ2n) is 3.68. The lowest BCUT2D eigenvalue weighted by molar-refractivity contribution is -0.119. The molecule has 0 aliphatic carbocycles. The number of aryl methyl sites for hydroxylation is 2. The Morgan fingerprint density at radius 1 is 1.33 bits per heavy atom. The van der Waals surface area contributed by atoms with Gasteiger partial charge in [0, 0.05) is 5.69 Å². The van der Waals surface area contributed by atoms with Gasteiger partial charge in [0.05, 0.1) is 0 Å². The molecule has 1 aromatic carbocycles. The van der Waals surface area contributed by atoms with E-state index in [-0.39, 0.29) is 5.91 Å². The molecule has 1 aliphatic rings. The van der Waals surface area contributed by atoms with Crippen LogP contribution in [0.15, 0.2) is 23.3 Å². The molecule has 0 saturated heterocycles. The van der Waals surface area contributed by atoms with Crippen LogP contribution in [-0.4, -0.2) is 18.8 Å². The maximum atomic E-state index is 11.1. The van der Waals surface area contributed by atoms with Crippen LogP contribution < -0.4 is 10.3 Å². The first-order valence-corrected chi connectivity index (χ1v) is 4.83. The van der Waals surface area contributed by atoms with E-state index in [2.05, 4.69) is 30.4 Å². The Bertz CT molecular complexity index is 426. The summed E-state index contributed by atoms with van der Waals surface area (Å²) < 4.78 is 0. The van der Waals surface area contributed by atoms with Crippen LogP contribution in [0.5, 0.6) is 0 Å². The SMILES string of the molecule is Cc1ccc(N2C=NNC(=O)C2)cc1C. The molecule has 0 saturated carbocycles. The first-order valence-electron chi connectivity index (χ1n) is 4.83. The second-order valence-corrected chi connectivity index (χ2v) is 3.68. The van der Waals surface area contributed by atoms with E-state index < -0.39 is 0 Å². The number of rotatable bonds is 1. The third kappa shape index (κ3) is 1.98. The first-order chi connectivity index (χ1) is 7.16. The molecule has 1 amide bonds. The summed E-state index contributed by atoms with van der Waals surface area (Å²) in [7, 11) is 0. The van der Waals surface area contributed by atoms with Crippen molar-refractivity contribution in [1.29, 1.82) is 0 Å². The van der Waals surface area contributed by atoms with Crippen LogP contribution in [0.25, 0.3) is 0 Å². The molecular formula is C11H13N3O. The maximum absolute atomic E-state index is 11.1. The molecule has 4 heteroatoms. The van der Waals surface area contributed by atoms with Gasteiger partial charge in [0.25, 0.3) is 5.91 Å². The van der Waals surface area contributed by atoms with Gasteiger partial charge in [0.2, 0.25) is 0 Å². The molecular weight excluding hydrogens is 190 g/mol. The van der Waals surface area contributed by atoms with Crippen LogP contribution in [0.2, 0.25) is 0 Å². The monoisotopic (exact) mass is 203 g/mol. The molecule has 2 rings (SSSR count). The van der Waals surface area contributed by atoms with Crippen LogP contribution in [0.3, 0.4) is 0 Å². The van der Waals surface area contributed by atoms with Gasteiger partial charge in [-0.15, -0.1) is 0 Å². The van der Waals surface area contributed by atoms with Crippen LogP contribution in [0.1, 0.15) is 11.1 Å². The quantitative estimate of drug-likeness (QED) is 0.745. The normalized spacial score (nSPS) is 15.3. The standard InChI is InChI=1S/C11H13N3O/c1-8-3-4-10(5-9(8)2)14-6-11(15)13-12-7-14/h3-5,7H,6H2,1-2H3,(H,13,15). The minimum absolute atomic E-state index is 0.0873. The summed E-state index contributed by atoms with van der Waals surface area (Å²) in [5.41, 5.74) is 5.86. The van der Waals surface area contributed by atoms with Crippen molar-refractivity contribution in [3.8, 4) is 0 Å². The molecule has 0 aromatic heterocycles. The molecule has 0 radical (unpaired) electrons. The number of anilines is 1. The summed E-state index contributed by atoms with van der Waals surface area (Å²) in [5, 5.41) is 3.77. The molecule has 0 atom stereocenters. The van der Waals surface area contributed by atoms with Crippen LogP contribution in [0, 0.1) is 13.8 Å². The number of nitrogens with one attached hydrogen (secondary N) is 1. The Balaban J connectivity index is 2.29. The molecule has 1 aliphatic heterocycles. The average molecular weight is 203 g/mol. The van der Waals surface area contributed by atoms with Crippen molar-refractivity contribution >= 4 is 17.9 Å². The van der Waals surface area contributed by atoms with Gasteiger partial charge in [-0.3, -0.25) is 4.79 Å². The van der Waals surface area contributed by atoms with E-state index >= 15 is 0 Å². The Morgan fingerprint density at radius 2 is 2.13 bits per heavy atom. The van der Waals surface area contributed by atoms with E-state index in [4.69, 9.17) is 0 Å². The van der Waals surface area contributed by atoms with Gasteiger partial charge >= 0.3 is 0 Å². The van der Waals surface area contributed by atoms with Crippen molar-refractivity contribution < 1.29 is 4.79 Å². The van der Waals surface area contributed by atoms with E-state index in [1.54, 1.807) is 6.34 Å². The number of benzene rings is 1. The van der Waals surface area contributed by atoms with Gasteiger partial charge in [-0.2, -0.15) is 5.10 Å². The topological polar surface area (TPSA) is 44.7 Å². The number of carbonyl (C=O) groups is 1. The lowest BCUT2D eigenvalue weighted by Gasteiger charge is -2.22. The van der Waals surface area contributed by atoms with Crippen molar-refractivity contribution in [3.63, 3.8) is 0 Å². The zero-order valence-corrected chi connectivity index (χ0v) is 8.82. The molecule has 0 unspecified atom stereocenters. The largest absolute Gasteiger partial charge is 0.321 e. The van der Waals surface area contributed by atoms with Crippen LogP contribution in [0.4, 0.5) is 5.69 Å². The summed E-state index contributed by atoms with van der Waals surface area (Å²) in [5.74, 6) is -0.0873. The first kappa shape index (κ1) is 9.71. The van der Waals surface area contributed by atoms with Crippen molar-refractivity contribution in [2.24, 2.45) is 5.10 Å². The number of carbonyl (C=O) groups excluding carboxylic acids is 1. The number of hydrogen-bond donors (Lipinski definition) is 1. The molecule has 0 spiro atoms. The average Bonchev–Trinajstić information content (AvgIpc) is 2.22. The molecule has 1 N–H and O–H groups in total. The van der Waals surface area contributed by atoms with Gasteiger partial charge in [-0.1, -0.05) is 6.07 Å². The molecule has 15 heavy (non-hydrogen) atoms. The van der Waals surface area contributed by atoms with Crippen molar-refractivity contribution in [1.82, 2.24) is 5.43 Å². The fourth-order valence-corrected chi connectivity index (χ4v) is 1.46. The third-order valence-electron chi connectivity index (χ3n) is 2.52. The molecule has 4 nitrogen and oxygen atoms in total. The fraction of sp³-hybridized carbons (Fsp3) is 0.273. The predicted molar refractivity (Wildman–Crippen MR) is 59.9 cm³/mol. The Morgan fingerprint density at radius 3 is 2.80 bits per heavy atom. The van der Waals surface area contributed by atoms with E-state index in [1.807, 2.05) is 17.0 Å². The van der Waals surface area contributed by atoms with Gasteiger partial charge < -0.3 is 4.90 Å². The number of hydrazone groups is 1. The Kier molecular flexibility index (Phi) is 2.41. The highest BCUT2D eigenvalue weighted by Crippen LogP contribution is 2.18. The van der Waals surface area contributed by atoms with Crippen LogP contribution in [-0.2, 0) is 4.79 Å². The predicted octanol–water partition coefficient (Wildman–Crippen LogP) is 1.18. The van der Waals surface area contributed by atoms with Gasteiger partial charge in [0.1, 0.15) is 12.9 Å². The lowest BCUT2D eigenvalue weighted by Crippen LogP contribution is -2.39. The summed E-state index contributed by atoms with van der Waals surface area (Å²) in [4.78, 5) is 13.0. The minimum Gasteiger partial charge on any atom is -0.321 e. The fourth-order valence-electron chi connectivity index (χ4n) is 1.46. The molecule has 1 aromatic rings. The highest BCUT2D eigenvalue weighted by atomic mass is 16.2. The number of hydrogen-bond acceptors (Lipinski definition) is 3. The Hall–Kier alpha value is -1.84. The second kappa shape index (κ2) is 3.73. The van der Waals surface area contributed by atoms with Gasteiger partial charge in [-0.05, 0) is 37.1 Å². The third-order valence-corrected chi connectivity index (χ3v) is 2.52. The molecule has 78 valence electrons. The van der Waals surface area contributed by atoms with E-state index in [0.29, 0.717) is 6.54 Å². The van der Waals surface area contributed by atoms with Gasteiger partial charge in [0.15, 0.2) is 0 Å². The maximum Gasteiger partial charge on any atom is 0.260 e. The van der Waals surface area contributed by atoms with Crippen molar-refractivity contribution in [2.75, 3.05) is 11.4 Å². The molecule has 0 fully saturated rings. The number of nitrogens with zero attached hydrogens (tertiary/aromatic N) is 2. The molecule has 0 bridgehead atoms. The van der Waals surface area contributed by atoms with E-state index in [9.17, 15) is 4.79 Å². The summed E-state index contributed by atoms with van der Waals surface area (Å²) in [6, 6.07) is 6.10. The van der Waals surface area contributed by atoms with E-state index in [1.165, 1.54) is 11.1 Å². The zero-order valence-electron chi connectivity index (χ0n) is 8.82.